The number of hydrogen-bond donors (Lipinski definition) is 0. The van der Waals surface area contributed by atoms with Crippen LogP contribution in [0.15, 0.2) is 27.6 Å². The van der Waals surface area contributed by atoms with Gasteiger partial charge >= 0.3 is 0 Å². The molecule has 0 N–H and O–H groups in total. The van der Waals surface area contributed by atoms with E-state index in [-0.39, 0.29) is 23.9 Å². The van der Waals surface area contributed by atoms with E-state index in [4.69, 9.17) is 4.74 Å². The zero-order valence-corrected chi connectivity index (χ0v) is 14.3. The van der Waals surface area contributed by atoms with Crippen molar-refractivity contribution in [3.8, 4) is 5.75 Å². The molecular weight excluding hydrogens is 360 g/mol. The van der Waals surface area contributed by atoms with Crippen molar-refractivity contribution < 1.29 is 17.9 Å². The Kier molecular flexibility index (Phi) is 4.90. The van der Waals surface area contributed by atoms with Crippen molar-refractivity contribution >= 4 is 31.9 Å². The van der Waals surface area contributed by atoms with Gasteiger partial charge in [-0.1, -0.05) is 15.9 Å². The van der Waals surface area contributed by atoms with Crippen molar-refractivity contribution in [1.82, 2.24) is 9.21 Å². The van der Waals surface area contributed by atoms with Gasteiger partial charge in [0.2, 0.25) is 15.9 Å². The predicted octanol–water partition coefficient (Wildman–Crippen LogP) is 1.31. The lowest BCUT2D eigenvalue weighted by Crippen LogP contribution is -2.49. The number of carbonyl (C=O) groups excluding carboxylic acids is 1. The molecule has 1 fully saturated rings. The van der Waals surface area contributed by atoms with Gasteiger partial charge in [-0.15, -0.1) is 0 Å². The molecule has 0 saturated carbocycles. The summed E-state index contributed by atoms with van der Waals surface area (Å²) in [5.41, 5.74) is 0. The van der Waals surface area contributed by atoms with Crippen LogP contribution in [0.25, 0.3) is 0 Å². The van der Waals surface area contributed by atoms with E-state index in [1.54, 1.807) is 17.0 Å². The van der Waals surface area contributed by atoms with Gasteiger partial charge in [-0.3, -0.25) is 4.79 Å². The Morgan fingerprint density at radius 2 is 1.86 bits per heavy atom. The Bertz CT molecular complexity index is 640. The van der Waals surface area contributed by atoms with Gasteiger partial charge in [0.1, 0.15) is 10.6 Å². The van der Waals surface area contributed by atoms with Crippen LogP contribution in [0.5, 0.6) is 5.75 Å². The first-order valence-corrected chi connectivity index (χ1v) is 8.69. The summed E-state index contributed by atoms with van der Waals surface area (Å²) < 4.78 is 32.6. The number of halogens is 1. The van der Waals surface area contributed by atoms with Crippen molar-refractivity contribution in [3.05, 3.63) is 22.7 Å². The second kappa shape index (κ2) is 6.33. The normalized spacial score (nSPS) is 16.8. The molecule has 1 aromatic rings. The van der Waals surface area contributed by atoms with E-state index >= 15 is 0 Å². The number of rotatable bonds is 3. The molecule has 0 aromatic heterocycles. The van der Waals surface area contributed by atoms with E-state index in [1.807, 2.05) is 0 Å². The Balaban J connectivity index is 2.27. The molecule has 0 bridgehead atoms. The first kappa shape index (κ1) is 16.3. The zero-order valence-electron chi connectivity index (χ0n) is 11.9. The first-order valence-electron chi connectivity index (χ1n) is 6.45. The number of piperazine rings is 1. The second-order valence-corrected chi connectivity index (χ2v) is 7.53. The Morgan fingerprint density at radius 1 is 1.24 bits per heavy atom. The van der Waals surface area contributed by atoms with Gasteiger partial charge in [-0.2, -0.15) is 4.31 Å². The highest BCUT2D eigenvalue weighted by Gasteiger charge is 2.31. The van der Waals surface area contributed by atoms with Gasteiger partial charge in [0, 0.05) is 37.6 Å². The fourth-order valence-electron chi connectivity index (χ4n) is 2.23. The molecule has 0 radical (unpaired) electrons. The van der Waals surface area contributed by atoms with Crippen LogP contribution in [-0.2, 0) is 14.8 Å². The maximum atomic E-state index is 12.7. The maximum absolute atomic E-state index is 12.7. The standard InChI is InChI=1S/C13H17BrN2O4S/c1-10(17)15-5-7-16(8-6-15)21(18,19)13-9-11(14)3-4-12(13)20-2/h3-4,9H,5-8H2,1-2H3. The lowest BCUT2D eigenvalue weighted by molar-refractivity contribution is -0.129. The molecule has 1 amide bonds. The highest BCUT2D eigenvalue weighted by Crippen LogP contribution is 2.30. The third-order valence-electron chi connectivity index (χ3n) is 3.43. The number of sulfonamides is 1. The largest absolute Gasteiger partial charge is 0.495 e. The second-order valence-electron chi connectivity index (χ2n) is 4.71. The average molecular weight is 377 g/mol. The van der Waals surface area contributed by atoms with Crippen LogP contribution in [0.4, 0.5) is 0 Å². The lowest BCUT2D eigenvalue weighted by atomic mass is 10.3. The summed E-state index contributed by atoms with van der Waals surface area (Å²) in [6.45, 7) is 2.88. The third kappa shape index (κ3) is 3.38. The molecule has 1 aliphatic heterocycles. The van der Waals surface area contributed by atoms with E-state index in [2.05, 4.69) is 15.9 Å². The number of ether oxygens (including phenoxy) is 1. The topological polar surface area (TPSA) is 66.9 Å². The van der Waals surface area contributed by atoms with Gasteiger partial charge in [0.25, 0.3) is 0 Å². The summed E-state index contributed by atoms with van der Waals surface area (Å²) >= 11 is 3.28. The van der Waals surface area contributed by atoms with Gasteiger partial charge < -0.3 is 9.64 Å². The van der Waals surface area contributed by atoms with Gasteiger partial charge in [-0.05, 0) is 18.2 Å². The van der Waals surface area contributed by atoms with Gasteiger partial charge in [0.05, 0.1) is 7.11 Å². The van der Waals surface area contributed by atoms with Gasteiger partial charge in [-0.25, -0.2) is 8.42 Å². The van der Waals surface area contributed by atoms with Crippen molar-refractivity contribution in [3.63, 3.8) is 0 Å². The quantitative estimate of drug-likeness (QED) is 0.797. The molecule has 1 aliphatic rings. The highest BCUT2D eigenvalue weighted by atomic mass is 79.9. The number of carbonyl (C=O) groups is 1. The van der Waals surface area contributed by atoms with Crippen molar-refractivity contribution in [2.75, 3.05) is 33.3 Å². The summed E-state index contributed by atoms with van der Waals surface area (Å²) in [5.74, 6) is 0.277. The molecule has 2 rings (SSSR count). The van der Waals surface area contributed by atoms with Crippen LogP contribution in [0.2, 0.25) is 0 Å². The number of benzene rings is 1. The summed E-state index contributed by atoms with van der Waals surface area (Å²) in [4.78, 5) is 13.1. The average Bonchev–Trinajstić information content (AvgIpc) is 2.47. The molecule has 0 atom stereocenters. The fraction of sp³-hybridized carbons (Fsp3) is 0.462. The minimum atomic E-state index is -3.64. The predicted molar refractivity (Wildman–Crippen MR) is 81.7 cm³/mol. The summed E-state index contributed by atoms with van der Waals surface area (Å²) in [6, 6.07) is 4.87. The molecule has 6 nitrogen and oxygen atoms in total. The molecule has 8 heteroatoms. The van der Waals surface area contributed by atoms with Crippen molar-refractivity contribution in [2.24, 2.45) is 0 Å². The third-order valence-corrected chi connectivity index (χ3v) is 5.84. The highest BCUT2D eigenvalue weighted by molar-refractivity contribution is 9.10. The molecule has 0 aliphatic carbocycles. The fourth-order valence-corrected chi connectivity index (χ4v) is 4.35. The smallest absolute Gasteiger partial charge is 0.246 e. The Labute approximate surface area is 132 Å². The SMILES string of the molecule is COc1ccc(Br)cc1S(=O)(=O)N1CCN(C(C)=O)CC1. The van der Waals surface area contributed by atoms with Crippen LogP contribution in [0, 0.1) is 0 Å². The lowest BCUT2D eigenvalue weighted by Gasteiger charge is -2.33. The summed E-state index contributed by atoms with van der Waals surface area (Å²) in [5, 5.41) is 0. The molecule has 1 saturated heterocycles. The number of methoxy groups -OCH3 is 1. The molecule has 0 unspecified atom stereocenters. The van der Waals surface area contributed by atoms with E-state index in [1.165, 1.54) is 24.4 Å². The summed E-state index contributed by atoms with van der Waals surface area (Å²) in [6.07, 6.45) is 0. The number of nitrogens with zero attached hydrogens (tertiary/aromatic N) is 2. The van der Waals surface area contributed by atoms with Crippen LogP contribution in [0.1, 0.15) is 6.92 Å². The Morgan fingerprint density at radius 3 is 2.38 bits per heavy atom. The first-order chi connectivity index (χ1) is 9.86. The number of hydrogen-bond acceptors (Lipinski definition) is 4. The molecular formula is C13H17BrN2O4S. The molecule has 1 aromatic carbocycles. The van der Waals surface area contributed by atoms with Crippen LogP contribution in [0.3, 0.4) is 0 Å². The maximum Gasteiger partial charge on any atom is 0.246 e. The van der Waals surface area contributed by atoms with Crippen LogP contribution in [-0.4, -0.2) is 56.8 Å². The van der Waals surface area contributed by atoms with E-state index in [9.17, 15) is 13.2 Å². The monoisotopic (exact) mass is 376 g/mol. The van der Waals surface area contributed by atoms with Crippen molar-refractivity contribution in [1.29, 1.82) is 0 Å². The molecule has 0 spiro atoms. The Hall–Kier alpha value is -1.12. The van der Waals surface area contributed by atoms with Gasteiger partial charge in [0.15, 0.2) is 0 Å². The number of amides is 1. The van der Waals surface area contributed by atoms with E-state index in [0.29, 0.717) is 23.3 Å². The zero-order chi connectivity index (χ0) is 15.6. The summed E-state index contributed by atoms with van der Waals surface area (Å²) in [7, 11) is -2.20. The minimum absolute atomic E-state index is 0.0351. The minimum Gasteiger partial charge on any atom is -0.495 e. The molecule has 116 valence electrons. The molecule has 21 heavy (non-hydrogen) atoms. The van der Waals surface area contributed by atoms with Crippen LogP contribution < -0.4 is 4.74 Å². The van der Waals surface area contributed by atoms with E-state index < -0.39 is 10.0 Å². The van der Waals surface area contributed by atoms with Crippen LogP contribution >= 0.6 is 15.9 Å². The molecule has 1 heterocycles. The van der Waals surface area contributed by atoms with E-state index in [0.717, 1.165) is 0 Å². The van der Waals surface area contributed by atoms with Crippen molar-refractivity contribution in [2.45, 2.75) is 11.8 Å².